The molecule has 0 unspecified atom stereocenters. The first-order valence-electron chi connectivity index (χ1n) is 6.23. The van der Waals surface area contributed by atoms with Crippen molar-refractivity contribution in [2.75, 3.05) is 12.4 Å². The summed E-state index contributed by atoms with van der Waals surface area (Å²) in [4.78, 5) is 0. The summed E-state index contributed by atoms with van der Waals surface area (Å²) in [5, 5.41) is 3.45. The molecule has 1 N–H and O–H groups in total. The molecule has 2 aromatic rings. The summed E-state index contributed by atoms with van der Waals surface area (Å²) >= 11 is 3.55. The Balaban J connectivity index is 2.16. The first-order chi connectivity index (χ1) is 9.10. The van der Waals surface area contributed by atoms with Crippen molar-refractivity contribution in [3.8, 4) is 5.75 Å². The Bertz CT molecular complexity index is 581. The SMILES string of the molecule is COc1ccc(Br)c(NCc2cc(C)ccc2C)c1. The van der Waals surface area contributed by atoms with Crippen molar-refractivity contribution in [2.45, 2.75) is 20.4 Å². The first kappa shape index (κ1) is 13.9. The van der Waals surface area contributed by atoms with Gasteiger partial charge in [0, 0.05) is 17.1 Å². The molecular formula is C16H18BrNO. The molecule has 0 fully saturated rings. The molecule has 0 amide bonds. The first-order valence-corrected chi connectivity index (χ1v) is 7.03. The van der Waals surface area contributed by atoms with Gasteiger partial charge in [0.25, 0.3) is 0 Å². The number of anilines is 1. The third-order valence-electron chi connectivity index (χ3n) is 3.15. The van der Waals surface area contributed by atoms with Gasteiger partial charge in [-0.2, -0.15) is 0 Å². The topological polar surface area (TPSA) is 21.3 Å². The summed E-state index contributed by atoms with van der Waals surface area (Å²) in [5.41, 5.74) is 4.94. The minimum absolute atomic E-state index is 0.805. The van der Waals surface area contributed by atoms with Crippen LogP contribution in [0, 0.1) is 13.8 Å². The number of hydrogen-bond donors (Lipinski definition) is 1. The highest BCUT2D eigenvalue weighted by Crippen LogP contribution is 2.27. The fourth-order valence-electron chi connectivity index (χ4n) is 1.95. The van der Waals surface area contributed by atoms with E-state index in [1.807, 2.05) is 18.2 Å². The van der Waals surface area contributed by atoms with Gasteiger partial charge in [-0.3, -0.25) is 0 Å². The third kappa shape index (κ3) is 3.51. The molecule has 0 radical (unpaired) electrons. The van der Waals surface area contributed by atoms with Crippen molar-refractivity contribution in [3.05, 3.63) is 57.6 Å². The molecule has 2 nitrogen and oxygen atoms in total. The highest BCUT2D eigenvalue weighted by molar-refractivity contribution is 9.10. The second-order valence-electron chi connectivity index (χ2n) is 4.63. The lowest BCUT2D eigenvalue weighted by atomic mass is 10.1. The number of halogens is 1. The number of aryl methyl sites for hydroxylation is 2. The van der Waals surface area contributed by atoms with Crippen LogP contribution in [0.1, 0.15) is 16.7 Å². The molecular weight excluding hydrogens is 302 g/mol. The van der Waals surface area contributed by atoms with E-state index in [0.717, 1.165) is 22.5 Å². The number of hydrogen-bond acceptors (Lipinski definition) is 2. The largest absolute Gasteiger partial charge is 0.497 e. The van der Waals surface area contributed by atoms with Crippen LogP contribution < -0.4 is 10.1 Å². The maximum absolute atomic E-state index is 5.24. The van der Waals surface area contributed by atoms with Crippen LogP contribution in [0.15, 0.2) is 40.9 Å². The minimum Gasteiger partial charge on any atom is -0.497 e. The Morgan fingerprint density at radius 3 is 2.63 bits per heavy atom. The van der Waals surface area contributed by atoms with Crippen LogP contribution in [0.2, 0.25) is 0 Å². The lowest BCUT2D eigenvalue weighted by molar-refractivity contribution is 0.415. The van der Waals surface area contributed by atoms with Crippen molar-refractivity contribution >= 4 is 21.6 Å². The van der Waals surface area contributed by atoms with Crippen LogP contribution in [-0.2, 0) is 6.54 Å². The summed E-state index contributed by atoms with van der Waals surface area (Å²) in [6, 6.07) is 12.4. The van der Waals surface area contributed by atoms with E-state index in [9.17, 15) is 0 Å². The summed E-state index contributed by atoms with van der Waals surface area (Å²) in [6.45, 7) is 5.06. The monoisotopic (exact) mass is 319 g/mol. The van der Waals surface area contributed by atoms with Gasteiger partial charge in [-0.05, 0) is 53.0 Å². The molecule has 0 aliphatic carbocycles. The van der Waals surface area contributed by atoms with E-state index in [4.69, 9.17) is 4.74 Å². The van der Waals surface area contributed by atoms with E-state index in [1.165, 1.54) is 16.7 Å². The van der Waals surface area contributed by atoms with Crippen molar-refractivity contribution in [3.63, 3.8) is 0 Å². The Labute approximate surface area is 122 Å². The zero-order chi connectivity index (χ0) is 13.8. The Hall–Kier alpha value is -1.48. The van der Waals surface area contributed by atoms with Crippen LogP contribution in [0.4, 0.5) is 5.69 Å². The fraction of sp³-hybridized carbons (Fsp3) is 0.250. The summed E-state index contributed by atoms with van der Waals surface area (Å²) < 4.78 is 6.28. The number of nitrogens with one attached hydrogen (secondary N) is 1. The van der Waals surface area contributed by atoms with E-state index in [1.54, 1.807) is 7.11 Å². The van der Waals surface area contributed by atoms with Crippen LogP contribution in [0.5, 0.6) is 5.75 Å². The molecule has 0 aromatic heterocycles. The van der Waals surface area contributed by atoms with Crippen molar-refractivity contribution in [2.24, 2.45) is 0 Å². The second kappa shape index (κ2) is 6.11. The molecule has 3 heteroatoms. The van der Waals surface area contributed by atoms with Crippen LogP contribution in [0.25, 0.3) is 0 Å². The van der Waals surface area contributed by atoms with Gasteiger partial charge >= 0.3 is 0 Å². The average molecular weight is 320 g/mol. The standard InChI is InChI=1S/C16H18BrNO/c1-11-4-5-12(2)13(8-11)10-18-16-9-14(19-3)6-7-15(16)17/h4-9,18H,10H2,1-3H3. The molecule has 100 valence electrons. The highest BCUT2D eigenvalue weighted by atomic mass is 79.9. The zero-order valence-corrected chi connectivity index (χ0v) is 13.0. The number of ether oxygens (including phenoxy) is 1. The lowest BCUT2D eigenvalue weighted by Gasteiger charge is -2.12. The van der Waals surface area contributed by atoms with Crippen LogP contribution in [0.3, 0.4) is 0 Å². The van der Waals surface area contributed by atoms with Gasteiger partial charge in [0.1, 0.15) is 5.75 Å². The Morgan fingerprint density at radius 1 is 1.11 bits per heavy atom. The Morgan fingerprint density at radius 2 is 1.89 bits per heavy atom. The molecule has 0 aliphatic heterocycles. The Kier molecular flexibility index (Phi) is 4.48. The summed E-state index contributed by atoms with van der Waals surface area (Å²) in [6.07, 6.45) is 0. The van der Waals surface area contributed by atoms with Crippen LogP contribution in [-0.4, -0.2) is 7.11 Å². The maximum Gasteiger partial charge on any atom is 0.121 e. The quantitative estimate of drug-likeness (QED) is 0.883. The van der Waals surface area contributed by atoms with Gasteiger partial charge in [0.15, 0.2) is 0 Å². The molecule has 0 spiro atoms. The normalized spacial score (nSPS) is 10.3. The van der Waals surface area contributed by atoms with Crippen molar-refractivity contribution < 1.29 is 4.74 Å². The molecule has 0 saturated carbocycles. The number of methoxy groups -OCH3 is 1. The number of rotatable bonds is 4. The van der Waals surface area contributed by atoms with Gasteiger partial charge in [-0.15, -0.1) is 0 Å². The van der Waals surface area contributed by atoms with Crippen LogP contribution >= 0.6 is 15.9 Å². The van der Waals surface area contributed by atoms with E-state index in [-0.39, 0.29) is 0 Å². The number of benzene rings is 2. The van der Waals surface area contributed by atoms with Gasteiger partial charge in [-0.1, -0.05) is 23.8 Å². The molecule has 0 aliphatic rings. The predicted molar refractivity (Wildman–Crippen MR) is 83.9 cm³/mol. The minimum atomic E-state index is 0.805. The molecule has 0 atom stereocenters. The fourth-order valence-corrected chi connectivity index (χ4v) is 2.33. The highest BCUT2D eigenvalue weighted by Gasteiger charge is 2.03. The van der Waals surface area contributed by atoms with Gasteiger partial charge in [-0.25, -0.2) is 0 Å². The zero-order valence-electron chi connectivity index (χ0n) is 11.5. The second-order valence-corrected chi connectivity index (χ2v) is 5.48. The van der Waals surface area contributed by atoms with E-state index >= 15 is 0 Å². The summed E-state index contributed by atoms with van der Waals surface area (Å²) in [7, 11) is 1.68. The van der Waals surface area contributed by atoms with Gasteiger partial charge in [0.05, 0.1) is 12.8 Å². The molecule has 0 saturated heterocycles. The molecule has 2 aromatic carbocycles. The predicted octanol–water partition coefficient (Wildman–Crippen LogP) is 4.69. The van der Waals surface area contributed by atoms with Gasteiger partial charge < -0.3 is 10.1 Å². The maximum atomic E-state index is 5.24. The summed E-state index contributed by atoms with van der Waals surface area (Å²) in [5.74, 6) is 0.853. The molecule has 0 bridgehead atoms. The lowest BCUT2D eigenvalue weighted by Crippen LogP contribution is -2.02. The van der Waals surface area contributed by atoms with Crippen molar-refractivity contribution in [1.82, 2.24) is 0 Å². The van der Waals surface area contributed by atoms with Gasteiger partial charge in [0.2, 0.25) is 0 Å². The molecule has 2 rings (SSSR count). The van der Waals surface area contributed by atoms with Crippen molar-refractivity contribution in [1.29, 1.82) is 0 Å². The van der Waals surface area contributed by atoms with E-state index < -0.39 is 0 Å². The van der Waals surface area contributed by atoms with E-state index in [2.05, 4.69) is 53.3 Å². The molecule has 0 heterocycles. The third-order valence-corrected chi connectivity index (χ3v) is 3.84. The van der Waals surface area contributed by atoms with E-state index in [0.29, 0.717) is 0 Å². The average Bonchev–Trinajstić information content (AvgIpc) is 2.41. The molecule has 19 heavy (non-hydrogen) atoms. The smallest absolute Gasteiger partial charge is 0.121 e.